The molecule has 31 heavy (non-hydrogen) atoms. The third kappa shape index (κ3) is 4.60. The van der Waals surface area contributed by atoms with Gasteiger partial charge in [0, 0.05) is 5.69 Å². The van der Waals surface area contributed by atoms with Crippen molar-refractivity contribution in [2.45, 2.75) is 46.1 Å². The molecule has 0 spiro atoms. The molecule has 1 aliphatic heterocycles. The van der Waals surface area contributed by atoms with Gasteiger partial charge in [-0.05, 0) is 62.6 Å². The maximum absolute atomic E-state index is 13.4. The van der Waals surface area contributed by atoms with Crippen molar-refractivity contribution in [3.05, 3.63) is 57.9 Å². The summed E-state index contributed by atoms with van der Waals surface area (Å²) in [5.41, 5.74) is 1.18. The van der Waals surface area contributed by atoms with Crippen LogP contribution in [0.1, 0.15) is 30.5 Å². The molecule has 9 heteroatoms. The molecule has 0 radical (unpaired) electrons. The van der Waals surface area contributed by atoms with Gasteiger partial charge in [0.05, 0.1) is 18.1 Å². The predicted molar refractivity (Wildman–Crippen MR) is 114 cm³/mol. The fourth-order valence-corrected chi connectivity index (χ4v) is 3.63. The molecule has 2 N–H and O–H groups in total. The highest BCUT2D eigenvalue weighted by molar-refractivity contribution is 6.31. The van der Waals surface area contributed by atoms with Crippen LogP contribution in [0, 0.1) is 19.7 Å². The van der Waals surface area contributed by atoms with E-state index in [4.69, 9.17) is 16.3 Å². The number of aliphatic hydroxyl groups excluding tert-OH is 1. The predicted octanol–water partition coefficient (Wildman–Crippen LogP) is 4.10. The monoisotopic (exact) mass is 450 g/mol. The van der Waals surface area contributed by atoms with E-state index in [2.05, 4.69) is 0 Å². The second kappa shape index (κ2) is 8.36. The molecule has 0 aliphatic carbocycles. The smallest absolute Gasteiger partial charge is 0.347 e. The summed E-state index contributed by atoms with van der Waals surface area (Å²) in [5.74, 6) is -1.21. The molecule has 2 amide bonds. The van der Waals surface area contributed by atoms with Crippen LogP contribution >= 0.6 is 11.6 Å². The zero-order valence-corrected chi connectivity index (χ0v) is 18.4. The average Bonchev–Trinajstić information content (AvgIpc) is 2.95. The number of benzene rings is 2. The molecular weight excluding hydrogens is 427 g/mol. The number of aryl methyl sites for hydroxylation is 2. The number of urea groups is 1. The SMILES string of the molecule is Cc1cc(CN2C(=O)N(c3ccc(F)c(Cl)c3)CC2O)cc(C)c1OC(C)(C)C(=O)O. The summed E-state index contributed by atoms with van der Waals surface area (Å²) < 4.78 is 19.1. The highest BCUT2D eigenvalue weighted by Crippen LogP contribution is 2.31. The number of aliphatic hydroxyl groups is 1. The van der Waals surface area contributed by atoms with Crippen molar-refractivity contribution in [2.75, 3.05) is 11.4 Å². The number of aliphatic carboxylic acids is 1. The van der Waals surface area contributed by atoms with Gasteiger partial charge >= 0.3 is 12.0 Å². The van der Waals surface area contributed by atoms with Gasteiger partial charge in [-0.1, -0.05) is 23.7 Å². The van der Waals surface area contributed by atoms with Crippen LogP contribution < -0.4 is 9.64 Å². The Bertz CT molecular complexity index is 1020. The Balaban J connectivity index is 1.81. The second-order valence-corrected chi connectivity index (χ2v) is 8.48. The normalized spacial score (nSPS) is 16.7. The number of rotatable bonds is 6. The van der Waals surface area contributed by atoms with E-state index < -0.39 is 29.6 Å². The van der Waals surface area contributed by atoms with Gasteiger partial charge in [-0.25, -0.2) is 14.0 Å². The Kier molecular flexibility index (Phi) is 6.16. The second-order valence-electron chi connectivity index (χ2n) is 8.08. The first-order valence-corrected chi connectivity index (χ1v) is 10.0. The Hall–Kier alpha value is -2.84. The van der Waals surface area contributed by atoms with E-state index in [0.29, 0.717) is 22.6 Å². The minimum Gasteiger partial charge on any atom is -0.478 e. The van der Waals surface area contributed by atoms with E-state index in [9.17, 15) is 24.2 Å². The van der Waals surface area contributed by atoms with Crippen molar-refractivity contribution in [3.8, 4) is 5.75 Å². The molecule has 1 unspecified atom stereocenters. The molecule has 1 atom stereocenters. The summed E-state index contributed by atoms with van der Waals surface area (Å²) in [5, 5.41) is 19.7. The highest BCUT2D eigenvalue weighted by Gasteiger charge is 2.37. The van der Waals surface area contributed by atoms with Crippen molar-refractivity contribution < 1.29 is 28.9 Å². The molecule has 7 nitrogen and oxygen atoms in total. The van der Waals surface area contributed by atoms with Gasteiger partial charge in [0.15, 0.2) is 5.60 Å². The van der Waals surface area contributed by atoms with E-state index in [-0.39, 0.29) is 18.1 Å². The molecule has 2 aromatic carbocycles. The number of carbonyl (C=O) groups is 2. The van der Waals surface area contributed by atoms with E-state index >= 15 is 0 Å². The molecule has 0 saturated carbocycles. The Morgan fingerprint density at radius 1 is 1.26 bits per heavy atom. The van der Waals surface area contributed by atoms with Crippen LogP contribution in [0.2, 0.25) is 5.02 Å². The van der Waals surface area contributed by atoms with Crippen molar-refractivity contribution in [1.82, 2.24) is 4.90 Å². The Labute approximate surface area is 184 Å². The lowest BCUT2D eigenvalue weighted by Gasteiger charge is -2.25. The molecular formula is C22H24ClFN2O5. The van der Waals surface area contributed by atoms with E-state index in [1.165, 1.54) is 41.8 Å². The molecule has 166 valence electrons. The van der Waals surface area contributed by atoms with Crippen LogP contribution in [0.15, 0.2) is 30.3 Å². The van der Waals surface area contributed by atoms with E-state index in [1.54, 1.807) is 26.0 Å². The first-order valence-electron chi connectivity index (χ1n) is 9.64. The summed E-state index contributed by atoms with van der Waals surface area (Å²) in [6.45, 7) is 6.68. The average molecular weight is 451 g/mol. The molecule has 1 saturated heterocycles. The quantitative estimate of drug-likeness (QED) is 0.691. The number of β-amino-alcohol motifs (C(OH)–C–C–N with tert-alkyl or cyclic N) is 1. The first-order chi connectivity index (χ1) is 14.4. The maximum atomic E-state index is 13.4. The minimum absolute atomic E-state index is 0.0206. The van der Waals surface area contributed by atoms with E-state index in [0.717, 1.165) is 5.56 Å². The number of hydrogen-bond acceptors (Lipinski definition) is 4. The van der Waals surface area contributed by atoms with Crippen LogP contribution in [-0.2, 0) is 11.3 Å². The van der Waals surface area contributed by atoms with Crippen LogP contribution in [0.5, 0.6) is 5.75 Å². The van der Waals surface area contributed by atoms with Gasteiger partial charge in [-0.15, -0.1) is 0 Å². The van der Waals surface area contributed by atoms with Gasteiger partial charge in [-0.3, -0.25) is 9.80 Å². The maximum Gasteiger partial charge on any atom is 0.347 e. The molecule has 0 aromatic heterocycles. The summed E-state index contributed by atoms with van der Waals surface area (Å²) in [6, 6.07) is 7.09. The molecule has 1 fully saturated rings. The molecule has 2 aromatic rings. The van der Waals surface area contributed by atoms with Crippen molar-refractivity contribution in [1.29, 1.82) is 0 Å². The number of anilines is 1. The van der Waals surface area contributed by atoms with Gasteiger partial charge < -0.3 is 14.9 Å². The zero-order valence-electron chi connectivity index (χ0n) is 17.6. The molecule has 1 heterocycles. The number of nitrogens with zero attached hydrogens (tertiary/aromatic N) is 2. The van der Waals surface area contributed by atoms with E-state index in [1.807, 2.05) is 0 Å². The minimum atomic E-state index is -1.39. The lowest BCUT2D eigenvalue weighted by molar-refractivity contribution is -0.152. The summed E-state index contributed by atoms with van der Waals surface area (Å²) >= 11 is 5.82. The topological polar surface area (TPSA) is 90.3 Å². The third-order valence-electron chi connectivity index (χ3n) is 5.14. The van der Waals surface area contributed by atoms with Crippen LogP contribution in [-0.4, -0.2) is 45.5 Å². The number of amides is 2. The van der Waals surface area contributed by atoms with Crippen LogP contribution in [0.4, 0.5) is 14.9 Å². The van der Waals surface area contributed by atoms with Gasteiger partial charge in [0.2, 0.25) is 0 Å². The van der Waals surface area contributed by atoms with Gasteiger partial charge in [0.1, 0.15) is 17.8 Å². The number of carbonyl (C=O) groups excluding carboxylic acids is 1. The fourth-order valence-electron chi connectivity index (χ4n) is 3.45. The van der Waals surface area contributed by atoms with Gasteiger partial charge in [0.25, 0.3) is 0 Å². The number of carboxylic acids is 1. The highest BCUT2D eigenvalue weighted by atomic mass is 35.5. The molecule has 0 bridgehead atoms. The lowest BCUT2D eigenvalue weighted by Crippen LogP contribution is -2.38. The fraction of sp³-hybridized carbons (Fsp3) is 0.364. The van der Waals surface area contributed by atoms with Gasteiger partial charge in [-0.2, -0.15) is 0 Å². The number of ether oxygens (including phenoxy) is 1. The summed E-state index contributed by atoms with van der Waals surface area (Å²) in [7, 11) is 0. The van der Waals surface area contributed by atoms with Crippen molar-refractivity contribution in [3.63, 3.8) is 0 Å². The Morgan fingerprint density at radius 3 is 2.42 bits per heavy atom. The number of hydrogen-bond donors (Lipinski definition) is 2. The largest absolute Gasteiger partial charge is 0.478 e. The third-order valence-corrected chi connectivity index (χ3v) is 5.43. The Morgan fingerprint density at radius 2 is 1.87 bits per heavy atom. The first kappa shape index (κ1) is 22.8. The van der Waals surface area contributed by atoms with Crippen LogP contribution in [0.25, 0.3) is 0 Å². The van der Waals surface area contributed by atoms with Crippen LogP contribution in [0.3, 0.4) is 0 Å². The molecule has 3 rings (SSSR count). The van der Waals surface area contributed by atoms with Crippen molar-refractivity contribution >= 4 is 29.3 Å². The lowest BCUT2D eigenvalue weighted by atomic mass is 10.0. The summed E-state index contributed by atoms with van der Waals surface area (Å²) in [6.07, 6.45) is -1.06. The van der Waals surface area contributed by atoms with Crippen molar-refractivity contribution in [2.24, 2.45) is 0 Å². The zero-order chi connectivity index (χ0) is 23.1. The molecule has 1 aliphatic rings. The number of halogens is 2. The summed E-state index contributed by atoms with van der Waals surface area (Å²) in [4.78, 5) is 26.9. The number of carboxylic acid groups (broad SMARTS) is 1. The standard InChI is InChI=1S/C22H24ClFN2O5/c1-12-7-14(8-13(2)19(12)31-22(3,4)20(28)29)10-26-18(27)11-25(21(26)30)15-5-6-17(24)16(23)9-15/h5-9,18,27H,10-11H2,1-4H3,(H,28,29).